The lowest BCUT2D eigenvalue weighted by Gasteiger charge is -2.07. The summed E-state index contributed by atoms with van der Waals surface area (Å²) in [5.74, 6) is -0.660. The predicted octanol–water partition coefficient (Wildman–Crippen LogP) is 1.54. The summed E-state index contributed by atoms with van der Waals surface area (Å²) in [4.78, 5) is 18.7. The summed E-state index contributed by atoms with van der Waals surface area (Å²) in [7, 11) is 0. The number of quaternary nitrogens is 1. The maximum absolute atomic E-state index is 11.1. The first-order valence-electron chi connectivity index (χ1n) is 7.48. The second kappa shape index (κ2) is 7.07. The summed E-state index contributed by atoms with van der Waals surface area (Å²) >= 11 is 0. The lowest BCUT2D eigenvalue weighted by Crippen LogP contribution is -2.57. The van der Waals surface area contributed by atoms with Gasteiger partial charge in [0, 0.05) is 11.1 Å². The van der Waals surface area contributed by atoms with Crippen LogP contribution in [0.15, 0.2) is 42.5 Å². The molecular formula is C18H21N3O2. The van der Waals surface area contributed by atoms with E-state index in [2.05, 4.69) is 29.5 Å². The standard InChI is InChI=1S/C15H12N2O2.C3H9N/c1-9-6-7-12-13(8-9)17-14(16-12)10-4-2-3-5-11(10)15(18)19;1-3(2)4/h2-8H,1H3,(H,16,17)(H,18,19);3H,4H2,1-2H3. The molecule has 3 aromatic rings. The molecule has 0 atom stereocenters. The highest BCUT2D eigenvalue weighted by atomic mass is 16.4. The molecule has 0 saturated carbocycles. The van der Waals surface area contributed by atoms with Crippen LogP contribution in [0.25, 0.3) is 22.4 Å². The number of aromatic nitrogens is 2. The predicted molar refractivity (Wildman–Crippen MR) is 88.6 cm³/mol. The molecule has 0 aliphatic carbocycles. The highest BCUT2D eigenvalue weighted by Crippen LogP contribution is 2.24. The average molecular weight is 311 g/mol. The highest BCUT2D eigenvalue weighted by molar-refractivity contribution is 5.94. The molecule has 3 rings (SSSR count). The fourth-order valence-electron chi connectivity index (χ4n) is 2.12. The molecule has 0 unspecified atom stereocenters. The number of rotatable bonds is 2. The van der Waals surface area contributed by atoms with E-state index in [1.54, 1.807) is 18.2 Å². The van der Waals surface area contributed by atoms with Crippen molar-refractivity contribution in [3.8, 4) is 11.4 Å². The number of carbonyl (C=O) groups is 1. The molecule has 0 saturated heterocycles. The van der Waals surface area contributed by atoms with Crippen molar-refractivity contribution < 1.29 is 15.6 Å². The van der Waals surface area contributed by atoms with Gasteiger partial charge in [0.2, 0.25) is 0 Å². The first kappa shape index (κ1) is 16.7. The number of aromatic carboxylic acids is 1. The van der Waals surface area contributed by atoms with Gasteiger partial charge >= 0.3 is 0 Å². The summed E-state index contributed by atoms with van der Waals surface area (Å²) < 4.78 is 0. The van der Waals surface area contributed by atoms with Crippen LogP contribution >= 0.6 is 0 Å². The SMILES string of the molecule is CC(C)[NH3+].Cc1ccc2nc(-c3ccccc3C(=O)[O-])[nH]c2c1. The molecule has 1 heterocycles. The Morgan fingerprint density at radius 2 is 1.87 bits per heavy atom. The third-order valence-electron chi connectivity index (χ3n) is 3.04. The van der Waals surface area contributed by atoms with Crippen LogP contribution in [-0.2, 0) is 0 Å². The number of carboxylic acid groups (broad SMARTS) is 1. The van der Waals surface area contributed by atoms with Crippen molar-refractivity contribution in [3.63, 3.8) is 0 Å². The van der Waals surface area contributed by atoms with Crippen LogP contribution in [0.5, 0.6) is 0 Å². The molecule has 0 aliphatic heterocycles. The molecule has 0 aliphatic rings. The van der Waals surface area contributed by atoms with Crippen LogP contribution in [0.1, 0.15) is 29.8 Å². The van der Waals surface area contributed by atoms with Crippen LogP contribution in [0.2, 0.25) is 0 Å². The van der Waals surface area contributed by atoms with Crippen molar-refractivity contribution in [1.82, 2.24) is 9.97 Å². The molecule has 23 heavy (non-hydrogen) atoms. The van der Waals surface area contributed by atoms with Gasteiger partial charge in [0.1, 0.15) is 5.82 Å². The lowest BCUT2D eigenvalue weighted by atomic mass is 10.1. The van der Waals surface area contributed by atoms with E-state index < -0.39 is 5.97 Å². The van der Waals surface area contributed by atoms with E-state index in [1.807, 2.05) is 25.1 Å². The Morgan fingerprint density at radius 3 is 2.52 bits per heavy atom. The van der Waals surface area contributed by atoms with Gasteiger partial charge in [0.25, 0.3) is 0 Å². The topological polar surface area (TPSA) is 96.4 Å². The van der Waals surface area contributed by atoms with Crippen LogP contribution in [0.4, 0.5) is 0 Å². The second-order valence-electron chi connectivity index (χ2n) is 5.83. The van der Waals surface area contributed by atoms with Gasteiger partial charge in [-0.25, -0.2) is 4.98 Å². The zero-order valence-corrected chi connectivity index (χ0v) is 13.6. The van der Waals surface area contributed by atoms with E-state index in [-0.39, 0.29) is 5.56 Å². The number of nitrogens with zero attached hydrogens (tertiary/aromatic N) is 1. The molecule has 4 N–H and O–H groups in total. The highest BCUT2D eigenvalue weighted by Gasteiger charge is 2.10. The zero-order valence-electron chi connectivity index (χ0n) is 13.6. The van der Waals surface area contributed by atoms with E-state index in [1.165, 1.54) is 6.07 Å². The molecule has 1 aromatic heterocycles. The monoisotopic (exact) mass is 311 g/mol. The second-order valence-corrected chi connectivity index (χ2v) is 5.83. The number of carbonyl (C=O) groups excluding carboxylic acids is 1. The molecule has 0 fully saturated rings. The number of H-pyrrole nitrogens is 1. The van der Waals surface area contributed by atoms with Gasteiger partial charge in [0.05, 0.1) is 23.0 Å². The number of aromatic amines is 1. The van der Waals surface area contributed by atoms with Crippen LogP contribution in [0, 0.1) is 6.92 Å². The van der Waals surface area contributed by atoms with E-state index in [0.717, 1.165) is 16.6 Å². The van der Waals surface area contributed by atoms with Gasteiger partial charge in [-0.3, -0.25) is 0 Å². The van der Waals surface area contributed by atoms with Crippen LogP contribution < -0.4 is 10.8 Å². The van der Waals surface area contributed by atoms with Gasteiger partial charge in [0.15, 0.2) is 0 Å². The first-order chi connectivity index (χ1) is 10.9. The van der Waals surface area contributed by atoms with Gasteiger partial charge in [-0.2, -0.15) is 0 Å². The average Bonchev–Trinajstić information content (AvgIpc) is 2.89. The fraction of sp³-hybridized carbons (Fsp3) is 0.222. The van der Waals surface area contributed by atoms with Crippen molar-refractivity contribution in [1.29, 1.82) is 0 Å². The Kier molecular flexibility index (Phi) is 5.13. The van der Waals surface area contributed by atoms with Crippen LogP contribution in [0.3, 0.4) is 0 Å². The molecule has 120 valence electrons. The summed E-state index contributed by atoms with van der Waals surface area (Å²) in [5.41, 5.74) is 7.14. The minimum Gasteiger partial charge on any atom is -0.545 e. The quantitative estimate of drug-likeness (QED) is 0.751. The van der Waals surface area contributed by atoms with E-state index in [0.29, 0.717) is 17.4 Å². The van der Waals surface area contributed by atoms with Crippen molar-refractivity contribution >= 4 is 17.0 Å². The minimum absolute atomic E-state index is 0.137. The van der Waals surface area contributed by atoms with Gasteiger partial charge in [-0.1, -0.05) is 30.3 Å². The number of imidazole rings is 1. The fourth-order valence-corrected chi connectivity index (χ4v) is 2.12. The molecule has 0 spiro atoms. The number of benzene rings is 2. The van der Waals surface area contributed by atoms with E-state index in [9.17, 15) is 9.90 Å². The smallest absolute Gasteiger partial charge is 0.139 e. The Balaban J connectivity index is 0.000000433. The Labute approximate surface area is 135 Å². The van der Waals surface area contributed by atoms with Gasteiger partial charge in [-0.05, 0) is 38.5 Å². The van der Waals surface area contributed by atoms with E-state index >= 15 is 0 Å². The van der Waals surface area contributed by atoms with Crippen LogP contribution in [-0.4, -0.2) is 22.0 Å². The maximum Gasteiger partial charge on any atom is 0.139 e. The molecule has 0 amide bonds. The van der Waals surface area contributed by atoms with Crippen molar-refractivity contribution in [2.24, 2.45) is 0 Å². The van der Waals surface area contributed by atoms with Crippen molar-refractivity contribution in [2.75, 3.05) is 0 Å². The van der Waals surface area contributed by atoms with Crippen molar-refractivity contribution in [3.05, 3.63) is 53.6 Å². The molecule has 0 radical (unpaired) electrons. The number of carboxylic acids is 1. The Hall–Kier alpha value is -2.66. The molecule has 2 aromatic carbocycles. The van der Waals surface area contributed by atoms with Gasteiger partial charge < -0.3 is 20.6 Å². The van der Waals surface area contributed by atoms with Crippen molar-refractivity contribution in [2.45, 2.75) is 26.8 Å². The molecule has 5 heteroatoms. The first-order valence-corrected chi connectivity index (χ1v) is 7.48. The maximum atomic E-state index is 11.1. The number of aryl methyl sites for hydroxylation is 1. The lowest BCUT2D eigenvalue weighted by molar-refractivity contribution is -0.407. The molecule has 5 nitrogen and oxygen atoms in total. The largest absolute Gasteiger partial charge is 0.545 e. The number of hydrogen-bond donors (Lipinski definition) is 2. The Morgan fingerprint density at radius 1 is 1.22 bits per heavy atom. The molecular weight excluding hydrogens is 290 g/mol. The summed E-state index contributed by atoms with van der Waals surface area (Å²) in [6, 6.07) is 13.1. The minimum atomic E-state index is -1.20. The third kappa shape index (κ3) is 4.17. The number of hydrogen-bond acceptors (Lipinski definition) is 3. The summed E-state index contributed by atoms with van der Waals surface area (Å²) in [6.07, 6.45) is 0. The van der Waals surface area contributed by atoms with Gasteiger partial charge in [-0.15, -0.1) is 0 Å². The van der Waals surface area contributed by atoms with E-state index in [4.69, 9.17) is 0 Å². The molecule has 0 bridgehead atoms. The Bertz CT molecular complexity index is 819. The number of fused-ring (bicyclic) bond motifs is 1. The summed E-state index contributed by atoms with van der Waals surface area (Å²) in [5, 5.41) is 11.1. The third-order valence-corrected chi connectivity index (χ3v) is 3.04. The number of nitrogens with one attached hydrogen (secondary N) is 1. The zero-order chi connectivity index (χ0) is 17.0. The summed E-state index contributed by atoms with van der Waals surface area (Å²) in [6.45, 7) is 6.11. The normalized spacial score (nSPS) is 10.5.